The predicted octanol–water partition coefficient (Wildman–Crippen LogP) is 2.53. The average molecular weight is 96.2 g/mol. The highest BCUT2D eigenvalue weighted by molar-refractivity contribution is 5.22. The Kier molecular flexibility index (Phi) is 2.42. The summed E-state index contributed by atoms with van der Waals surface area (Å²) in [5.41, 5.74) is 2.43. The van der Waals surface area contributed by atoms with Gasteiger partial charge >= 0.3 is 0 Å². The summed E-state index contributed by atoms with van der Waals surface area (Å²) in [6.07, 6.45) is 2.06. The SMILES string of the molecule is C=C(C)/C(C)=C/C. The van der Waals surface area contributed by atoms with Gasteiger partial charge in [0.1, 0.15) is 0 Å². The first kappa shape index (κ1) is 6.48. The van der Waals surface area contributed by atoms with E-state index in [2.05, 4.69) is 19.6 Å². The van der Waals surface area contributed by atoms with Gasteiger partial charge in [0, 0.05) is 0 Å². The molecule has 0 bridgehead atoms. The predicted molar refractivity (Wildman–Crippen MR) is 34.2 cm³/mol. The lowest BCUT2D eigenvalue weighted by atomic mass is 10.2. The van der Waals surface area contributed by atoms with Crippen molar-refractivity contribution in [3.05, 3.63) is 23.8 Å². The third-order valence-corrected chi connectivity index (χ3v) is 1.11. The molecule has 0 aliphatic heterocycles. The fourth-order valence-corrected chi connectivity index (χ4v) is 0.246. The molecule has 0 unspecified atom stereocenters. The molecule has 0 rings (SSSR count). The molecular formula is C7H12. The maximum absolute atomic E-state index is 3.76. The first-order valence-corrected chi connectivity index (χ1v) is 2.47. The van der Waals surface area contributed by atoms with Crippen LogP contribution in [0.15, 0.2) is 23.8 Å². The summed E-state index contributed by atoms with van der Waals surface area (Å²) < 4.78 is 0. The van der Waals surface area contributed by atoms with Crippen LogP contribution in [0, 0.1) is 0 Å². The molecule has 0 aliphatic carbocycles. The normalized spacial score (nSPS) is 11.6. The smallest absolute Gasteiger partial charge is 0.0399 e. The van der Waals surface area contributed by atoms with Gasteiger partial charge in [0.25, 0.3) is 0 Å². The largest absolute Gasteiger partial charge is 0.0959 e. The lowest BCUT2D eigenvalue weighted by molar-refractivity contribution is 1.34. The number of hydrogen-bond donors (Lipinski definition) is 0. The molecule has 0 heterocycles. The van der Waals surface area contributed by atoms with Gasteiger partial charge in [0.2, 0.25) is 0 Å². The van der Waals surface area contributed by atoms with Crippen LogP contribution >= 0.6 is 0 Å². The van der Waals surface area contributed by atoms with Crippen molar-refractivity contribution in [3.8, 4) is 0 Å². The van der Waals surface area contributed by atoms with Gasteiger partial charge in [-0.15, -0.1) is 0 Å². The Balaban J connectivity index is 3.82. The Morgan fingerprint density at radius 3 is 1.86 bits per heavy atom. The summed E-state index contributed by atoms with van der Waals surface area (Å²) in [6, 6.07) is 0. The summed E-state index contributed by atoms with van der Waals surface area (Å²) >= 11 is 0. The molecule has 0 saturated carbocycles. The summed E-state index contributed by atoms with van der Waals surface area (Å²) in [5.74, 6) is 0. The lowest BCUT2D eigenvalue weighted by Gasteiger charge is -1.92. The molecule has 0 aromatic heterocycles. The van der Waals surface area contributed by atoms with E-state index in [9.17, 15) is 0 Å². The van der Waals surface area contributed by atoms with Gasteiger partial charge in [0.05, 0.1) is 0 Å². The third-order valence-electron chi connectivity index (χ3n) is 1.11. The van der Waals surface area contributed by atoms with Gasteiger partial charge in [-0.05, 0) is 20.8 Å². The molecular weight excluding hydrogens is 84.1 g/mol. The van der Waals surface area contributed by atoms with Crippen molar-refractivity contribution in [2.24, 2.45) is 0 Å². The van der Waals surface area contributed by atoms with E-state index in [1.165, 1.54) is 5.57 Å². The van der Waals surface area contributed by atoms with Gasteiger partial charge in [0.15, 0.2) is 0 Å². The van der Waals surface area contributed by atoms with E-state index >= 15 is 0 Å². The molecule has 0 heteroatoms. The van der Waals surface area contributed by atoms with Crippen molar-refractivity contribution in [3.63, 3.8) is 0 Å². The minimum atomic E-state index is 1.16. The Labute approximate surface area is 45.5 Å². The van der Waals surface area contributed by atoms with Gasteiger partial charge in [-0.2, -0.15) is 0 Å². The second-order valence-corrected chi connectivity index (χ2v) is 1.75. The summed E-state index contributed by atoms with van der Waals surface area (Å²) in [7, 11) is 0. The second-order valence-electron chi connectivity index (χ2n) is 1.75. The molecule has 0 aromatic rings. The summed E-state index contributed by atoms with van der Waals surface area (Å²) in [4.78, 5) is 0. The fourth-order valence-electron chi connectivity index (χ4n) is 0.246. The van der Waals surface area contributed by atoms with Crippen LogP contribution in [0.1, 0.15) is 20.8 Å². The molecule has 0 atom stereocenters. The van der Waals surface area contributed by atoms with E-state index in [1.54, 1.807) is 0 Å². The molecule has 0 nitrogen and oxygen atoms in total. The summed E-state index contributed by atoms with van der Waals surface area (Å²) in [5, 5.41) is 0. The molecule has 0 aliphatic rings. The van der Waals surface area contributed by atoms with Crippen molar-refractivity contribution in [1.29, 1.82) is 0 Å². The molecule has 40 valence electrons. The van der Waals surface area contributed by atoms with Crippen molar-refractivity contribution in [2.45, 2.75) is 20.8 Å². The second kappa shape index (κ2) is 2.62. The molecule has 0 aromatic carbocycles. The van der Waals surface area contributed by atoms with E-state index in [4.69, 9.17) is 0 Å². The van der Waals surface area contributed by atoms with Crippen LogP contribution < -0.4 is 0 Å². The molecule has 0 fully saturated rings. The van der Waals surface area contributed by atoms with Crippen molar-refractivity contribution < 1.29 is 0 Å². The fraction of sp³-hybridized carbons (Fsp3) is 0.429. The molecule has 0 saturated heterocycles. The first-order valence-electron chi connectivity index (χ1n) is 2.47. The van der Waals surface area contributed by atoms with Crippen LogP contribution in [0.5, 0.6) is 0 Å². The van der Waals surface area contributed by atoms with Crippen molar-refractivity contribution in [2.75, 3.05) is 0 Å². The maximum Gasteiger partial charge on any atom is -0.0399 e. The molecule has 0 spiro atoms. The highest BCUT2D eigenvalue weighted by atomic mass is 13.9. The zero-order valence-corrected chi connectivity index (χ0v) is 5.28. The third kappa shape index (κ3) is 2.21. The highest BCUT2D eigenvalue weighted by Gasteiger charge is 1.81. The van der Waals surface area contributed by atoms with Crippen molar-refractivity contribution >= 4 is 0 Å². The van der Waals surface area contributed by atoms with E-state index in [0.717, 1.165) is 5.57 Å². The Hall–Kier alpha value is -0.520. The van der Waals surface area contributed by atoms with Gasteiger partial charge in [-0.25, -0.2) is 0 Å². The van der Waals surface area contributed by atoms with Gasteiger partial charge in [-0.1, -0.05) is 23.8 Å². The number of allylic oxidation sites excluding steroid dienone is 3. The number of rotatable bonds is 1. The standard InChI is InChI=1S/C7H12/c1-5-7(4)6(2)3/h5H,2H2,1,3-4H3/b7-5+. The zero-order chi connectivity index (χ0) is 5.86. The quantitative estimate of drug-likeness (QED) is 0.440. The average Bonchev–Trinajstić information content (AvgIpc) is 1.65. The Morgan fingerprint density at radius 1 is 1.43 bits per heavy atom. The van der Waals surface area contributed by atoms with E-state index < -0.39 is 0 Å². The maximum atomic E-state index is 3.76. The minimum Gasteiger partial charge on any atom is -0.0959 e. The van der Waals surface area contributed by atoms with Crippen LogP contribution in [0.25, 0.3) is 0 Å². The monoisotopic (exact) mass is 96.1 g/mol. The van der Waals surface area contributed by atoms with E-state index in [0.29, 0.717) is 0 Å². The van der Waals surface area contributed by atoms with Crippen LogP contribution in [0.4, 0.5) is 0 Å². The van der Waals surface area contributed by atoms with E-state index in [-0.39, 0.29) is 0 Å². The number of hydrogen-bond acceptors (Lipinski definition) is 0. The van der Waals surface area contributed by atoms with Crippen molar-refractivity contribution in [1.82, 2.24) is 0 Å². The van der Waals surface area contributed by atoms with Crippen LogP contribution in [0.3, 0.4) is 0 Å². The molecule has 0 amide bonds. The molecule has 7 heavy (non-hydrogen) atoms. The Bertz CT molecular complexity index is 96.6. The minimum absolute atomic E-state index is 1.16. The molecule has 0 radical (unpaired) electrons. The lowest BCUT2D eigenvalue weighted by Crippen LogP contribution is -1.71. The van der Waals surface area contributed by atoms with E-state index in [1.807, 2.05) is 13.8 Å². The van der Waals surface area contributed by atoms with Crippen LogP contribution in [-0.4, -0.2) is 0 Å². The van der Waals surface area contributed by atoms with Gasteiger partial charge < -0.3 is 0 Å². The zero-order valence-electron chi connectivity index (χ0n) is 5.28. The van der Waals surface area contributed by atoms with Crippen LogP contribution in [0.2, 0.25) is 0 Å². The highest BCUT2D eigenvalue weighted by Crippen LogP contribution is 2.02. The Morgan fingerprint density at radius 2 is 1.86 bits per heavy atom. The molecule has 0 N–H and O–H groups in total. The first-order chi connectivity index (χ1) is 3.18. The topological polar surface area (TPSA) is 0 Å². The van der Waals surface area contributed by atoms with Gasteiger partial charge in [-0.3, -0.25) is 0 Å². The summed E-state index contributed by atoms with van der Waals surface area (Å²) in [6.45, 7) is 9.84. The van der Waals surface area contributed by atoms with Crippen LogP contribution in [-0.2, 0) is 0 Å².